The minimum Gasteiger partial charge on any atom is -0.481 e. The van der Waals surface area contributed by atoms with E-state index >= 15 is 0 Å². The molecule has 2 aliphatic rings. The van der Waals surface area contributed by atoms with Crippen LogP contribution in [0.2, 0.25) is 0 Å². The highest BCUT2D eigenvalue weighted by atomic mass is 32.1. The molecule has 2 fully saturated rings. The van der Waals surface area contributed by atoms with Crippen molar-refractivity contribution in [1.82, 2.24) is 9.88 Å². The second kappa shape index (κ2) is 5.97. The molecule has 1 unspecified atom stereocenters. The Kier molecular flexibility index (Phi) is 3.92. The van der Waals surface area contributed by atoms with Crippen molar-refractivity contribution in [2.45, 2.75) is 25.7 Å². The first-order valence-electron chi connectivity index (χ1n) is 8.06. The van der Waals surface area contributed by atoms with Gasteiger partial charge in [0, 0.05) is 18.5 Å². The number of rotatable bonds is 4. The molecular formula is C17H18N2O3S2. The molecule has 5 nitrogen and oxygen atoms in total. The van der Waals surface area contributed by atoms with Crippen LogP contribution in [-0.4, -0.2) is 40.0 Å². The Morgan fingerprint density at radius 3 is 2.75 bits per heavy atom. The van der Waals surface area contributed by atoms with Gasteiger partial charge in [0.25, 0.3) is 0 Å². The molecule has 24 heavy (non-hydrogen) atoms. The Hall–Kier alpha value is -1.73. The molecule has 1 amide bonds. The zero-order valence-electron chi connectivity index (χ0n) is 13.1. The zero-order chi connectivity index (χ0) is 16.7. The van der Waals surface area contributed by atoms with Gasteiger partial charge >= 0.3 is 5.97 Å². The summed E-state index contributed by atoms with van der Waals surface area (Å²) in [6, 6.07) is 4.03. The number of likely N-dealkylation sites (tertiary alicyclic amines) is 1. The summed E-state index contributed by atoms with van der Waals surface area (Å²) in [5.74, 6) is -0.777. The van der Waals surface area contributed by atoms with E-state index in [1.807, 2.05) is 27.8 Å². The fourth-order valence-corrected chi connectivity index (χ4v) is 5.25. The molecule has 1 atom stereocenters. The molecule has 0 aromatic carbocycles. The largest absolute Gasteiger partial charge is 0.481 e. The number of carbonyl (C=O) groups is 2. The summed E-state index contributed by atoms with van der Waals surface area (Å²) in [7, 11) is 0. The summed E-state index contributed by atoms with van der Waals surface area (Å²) < 4.78 is 0. The van der Waals surface area contributed by atoms with Crippen molar-refractivity contribution < 1.29 is 14.7 Å². The number of aromatic nitrogens is 1. The van der Waals surface area contributed by atoms with E-state index in [1.165, 1.54) is 0 Å². The van der Waals surface area contributed by atoms with Crippen LogP contribution in [0.4, 0.5) is 0 Å². The number of thiophene rings is 1. The lowest BCUT2D eigenvalue weighted by Gasteiger charge is -2.32. The third-order valence-corrected chi connectivity index (χ3v) is 7.15. The summed E-state index contributed by atoms with van der Waals surface area (Å²) in [4.78, 5) is 31.2. The molecule has 2 aromatic heterocycles. The molecule has 1 spiro atoms. The van der Waals surface area contributed by atoms with Crippen LogP contribution in [0.25, 0.3) is 9.88 Å². The molecule has 2 aromatic rings. The number of piperidine rings is 1. The monoisotopic (exact) mass is 362 g/mol. The van der Waals surface area contributed by atoms with Crippen LogP contribution in [0, 0.1) is 11.3 Å². The Morgan fingerprint density at radius 1 is 1.33 bits per heavy atom. The number of hydrogen-bond donors (Lipinski definition) is 1. The smallest absolute Gasteiger partial charge is 0.307 e. The molecular weight excluding hydrogens is 344 g/mol. The molecule has 1 saturated heterocycles. The van der Waals surface area contributed by atoms with Gasteiger partial charge in [-0.3, -0.25) is 9.59 Å². The van der Waals surface area contributed by atoms with Gasteiger partial charge in [0.15, 0.2) is 0 Å². The van der Waals surface area contributed by atoms with Gasteiger partial charge < -0.3 is 10.0 Å². The molecule has 7 heteroatoms. The molecule has 1 saturated carbocycles. The summed E-state index contributed by atoms with van der Waals surface area (Å²) >= 11 is 3.22. The van der Waals surface area contributed by atoms with Crippen molar-refractivity contribution in [3.63, 3.8) is 0 Å². The van der Waals surface area contributed by atoms with Crippen LogP contribution >= 0.6 is 22.7 Å². The number of thiazole rings is 1. The van der Waals surface area contributed by atoms with E-state index in [0.717, 1.165) is 34.8 Å². The fourth-order valence-electron chi connectivity index (χ4n) is 3.62. The number of nitrogens with zero attached hydrogens (tertiary/aromatic N) is 2. The second-order valence-corrected chi connectivity index (χ2v) is 8.44. The van der Waals surface area contributed by atoms with Gasteiger partial charge in [-0.25, -0.2) is 4.98 Å². The van der Waals surface area contributed by atoms with Gasteiger partial charge in [-0.15, -0.1) is 22.7 Å². The Morgan fingerprint density at radius 2 is 2.12 bits per heavy atom. The van der Waals surface area contributed by atoms with Crippen molar-refractivity contribution in [2.24, 2.45) is 11.3 Å². The van der Waals surface area contributed by atoms with E-state index in [4.69, 9.17) is 5.11 Å². The molecule has 3 heterocycles. The van der Waals surface area contributed by atoms with Crippen LogP contribution in [0.3, 0.4) is 0 Å². The van der Waals surface area contributed by atoms with E-state index in [1.54, 1.807) is 22.7 Å². The molecule has 1 aliphatic carbocycles. The van der Waals surface area contributed by atoms with Crippen LogP contribution in [0.15, 0.2) is 22.9 Å². The van der Waals surface area contributed by atoms with Crippen molar-refractivity contribution in [2.75, 3.05) is 13.1 Å². The first-order valence-corrected chi connectivity index (χ1v) is 9.82. The van der Waals surface area contributed by atoms with Crippen LogP contribution in [0.5, 0.6) is 0 Å². The highest BCUT2D eigenvalue weighted by molar-refractivity contribution is 7.20. The van der Waals surface area contributed by atoms with Crippen molar-refractivity contribution in [3.05, 3.63) is 28.6 Å². The standard InChI is InChI=1S/C17H18N2O3S2/c20-14(8-11-10-24-15(18-11)13-2-1-7-23-13)19-5-3-17(4-6-19)9-12(17)16(21)22/h1-2,7,10,12H,3-6,8-9H2,(H,21,22). The number of amides is 1. The summed E-state index contributed by atoms with van der Waals surface area (Å²) in [6.45, 7) is 1.34. The molecule has 0 bridgehead atoms. The van der Waals surface area contributed by atoms with E-state index in [9.17, 15) is 9.59 Å². The van der Waals surface area contributed by atoms with Gasteiger partial charge in [0.2, 0.25) is 5.91 Å². The maximum absolute atomic E-state index is 12.5. The average molecular weight is 362 g/mol. The predicted molar refractivity (Wildman–Crippen MR) is 93.1 cm³/mol. The number of carboxylic acid groups (broad SMARTS) is 1. The van der Waals surface area contributed by atoms with Crippen LogP contribution in [-0.2, 0) is 16.0 Å². The molecule has 4 rings (SSSR count). The Labute approximate surface area is 148 Å². The van der Waals surface area contributed by atoms with E-state index in [2.05, 4.69) is 4.98 Å². The van der Waals surface area contributed by atoms with Crippen LogP contribution in [0.1, 0.15) is 25.0 Å². The van der Waals surface area contributed by atoms with Crippen molar-refractivity contribution in [1.29, 1.82) is 0 Å². The minimum atomic E-state index is -0.682. The summed E-state index contributed by atoms with van der Waals surface area (Å²) in [5.41, 5.74) is 0.791. The van der Waals surface area contributed by atoms with Crippen LogP contribution < -0.4 is 0 Å². The second-order valence-electron chi connectivity index (χ2n) is 6.64. The number of carbonyl (C=O) groups excluding carboxylic acids is 1. The first kappa shape index (κ1) is 15.8. The van der Waals surface area contributed by atoms with Crippen molar-refractivity contribution >= 4 is 34.6 Å². The molecule has 126 valence electrons. The highest BCUT2D eigenvalue weighted by Crippen LogP contribution is 2.59. The number of aliphatic carboxylic acids is 1. The average Bonchev–Trinajstić information content (AvgIpc) is 2.98. The Balaban J connectivity index is 1.34. The maximum Gasteiger partial charge on any atom is 0.307 e. The van der Waals surface area contributed by atoms with Gasteiger partial charge in [0.1, 0.15) is 5.01 Å². The minimum absolute atomic E-state index is 0.0322. The van der Waals surface area contributed by atoms with Gasteiger partial charge in [0.05, 0.1) is 22.9 Å². The lowest BCUT2D eigenvalue weighted by Crippen LogP contribution is -2.40. The normalized spacial score (nSPS) is 21.8. The maximum atomic E-state index is 12.5. The zero-order valence-corrected chi connectivity index (χ0v) is 14.7. The third kappa shape index (κ3) is 2.86. The van der Waals surface area contributed by atoms with Crippen molar-refractivity contribution in [3.8, 4) is 9.88 Å². The SMILES string of the molecule is O=C(O)C1CC12CCN(C(=O)Cc1csc(-c3cccs3)n1)CC2. The quantitative estimate of drug-likeness (QED) is 0.907. The molecule has 1 aliphatic heterocycles. The van der Waals surface area contributed by atoms with Gasteiger partial charge in [-0.1, -0.05) is 6.07 Å². The lowest BCUT2D eigenvalue weighted by atomic mass is 9.90. The van der Waals surface area contributed by atoms with Gasteiger partial charge in [-0.2, -0.15) is 0 Å². The summed E-state index contributed by atoms with van der Waals surface area (Å²) in [5, 5.41) is 14.1. The molecule has 1 N–H and O–H groups in total. The topological polar surface area (TPSA) is 70.5 Å². The fraction of sp³-hybridized carbons (Fsp3) is 0.471. The lowest BCUT2D eigenvalue weighted by molar-refractivity contribution is -0.139. The van der Waals surface area contributed by atoms with E-state index < -0.39 is 5.97 Å². The number of hydrogen-bond acceptors (Lipinski definition) is 5. The van der Waals surface area contributed by atoms with E-state index in [0.29, 0.717) is 19.5 Å². The van der Waals surface area contributed by atoms with Gasteiger partial charge in [-0.05, 0) is 36.1 Å². The van der Waals surface area contributed by atoms with E-state index in [-0.39, 0.29) is 17.2 Å². The highest BCUT2D eigenvalue weighted by Gasteiger charge is 2.59. The predicted octanol–water partition coefficient (Wildman–Crippen LogP) is 3.13. The summed E-state index contributed by atoms with van der Waals surface area (Å²) in [6.07, 6.45) is 2.73. The molecule has 0 radical (unpaired) electrons. The Bertz CT molecular complexity index is 761. The number of carboxylic acids is 1. The third-order valence-electron chi connectivity index (χ3n) is 5.22. The first-order chi connectivity index (χ1) is 11.6.